The number of halogens is 2. The van der Waals surface area contributed by atoms with Crippen molar-refractivity contribution in [3.8, 4) is 0 Å². The summed E-state index contributed by atoms with van der Waals surface area (Å²) < 4.78 is 14.0. The molecule has 0 aliphatic carbocycles. The number of hydrogen-bond acceptors (Lipinski definition) is 2. The molecule has 1 N–H and O–H groups in total. The number of carboxylic acids is 1. The third-order valence-electron chi connectivity index (χ3n) is 1.93. The van der Waals surface area contributed by atoms with Crippen molar-refractivity contribution in [2.45, 2.75) is 0 Å². The topological polar surface area (TPSA) is 50.2 Å². The maximum Gasteiger partial charge on any atom is 0.354 e. The van der Waals surface area contributed by atoms with Gasteiger partial charge in [-0.25, -0.2) is 14.2 Å². The Kier molecular flexibility index (Phi) is 2.40. The van der Waals surface area contributed by atoms with E-state index in [1.165, 1.54) is 18.2 Å². The fourth-order valence-corrected chi connectivity index (χ4v) is 1.72. The molecule has 5 heteroatoms. The number of aromatic carboxylic acids is 1. The SMILES string of the molecule is O=C(O)c1ccc2cc(Br)cc(F)c2n1. The van der Waals surface area contributed by atoms with Gasteiger partial charge in [0.15, 0.2) is 5.82 Å². The Bertz CT molecular complexity index is 556. The van der Waals surface area contributed by atoms with Crippen molar-refractivity contribution in [1.29, 1.82) is 0 Å². The van der Waals surface area contributed by atoms with Crippen molar-refractivity contribution >= 4 is 32.8 Å². The first-order chi connectivity index (χ1) is 7.08. The van der Waals surface area contributed by atoms with Gasteiger partial charge in [0.25, 0.3) is 0 Å². The minimum absolute atomic E-state index is 0.0677. The zero-order chi connectivity index (χ0) is 11.0. The maximum atomic E-state index is 13.4. The first-order valence-corrected chi connectivity index (χ1v) is 4.86. The van der Waals surface area contributed by atoms with Gasteiger partial charge in [0.1, 0.15) is 11.2 Å². The zero-order valence-corrected chi connectivity index (χ0v) is 8.95. The summed E-state index contributed by atoms with van der Waals surface area (Å²) in [6.07, 6.45) is 0. The van der Waals surface area contributed by atoms with Crippen LogP contribution in [0.15, 0.2) is 28.7 Å². The number of hydrogen-bond donors (Lipinski definition) is 1. The highest BCUT2D eigenvalue weighted by atomic mass is 79.9. The lowest BCUT2D eigenvalue weighted by Crippen LogP contribution is -2.00. The second-order valence-electron chi connectivity index (χ2n) is 2.96. The molecule has 1 aromatic carbocycles. The van der Waals surface area contributed by atoms with Crippen LogP contribution in [0.25, 0.3) is 10.9 Å². The summed E-state index contributed by atoms with van der Waals surface area (Å²) in [5.74, 6) is -1.71. The van der Waals surface area contributed by atoms with E-state index in [1.807, 2.05) is 0 Å². The Morgan fingerprint density at radius 1 is 1.40 bits per heavy atom. The van der Waals surface area contributed by atoms with Crippen molar-refractivity contribution in [2.24, 2.45) is 0 Å². The minimum Gasteiger partial charge on any atom is -0.477 e. The molecule has 0 fully saturated rings. The molecular weight excluding hydrogens is 265 g/mol. The van der Waals surface area contributed by atoms with Crippen molar-refractivity contribution in [3.05, 3.63) is 40.2 Å². The van der Waals surface area contributed by atoms with E-state index in [0.717, 1.165) is 0 Å². The Morgan fingerprint density at radius 2 is 2.13 bits per heavy atom. The number of nitrogens with zero attached hydrogens (tertiary/aromatic N) is 1. The Morgan fingerprint density at radius 3 is 2.80 bits per heavy atom. The highest BCUT2D eigenvalue weighted by Crippen LogP contribution is 2.22. The third-order valence-corrected chi connectivity index (χ3v) is 2.39. The molecule has 0 amide bonds. The molecule has 0 saturated carbocycles. The molecule has 0 bridgehead atoms. The number of fused-ring (bicyclic) bond motifs is 1. The fraction of sp³-hybridized carbons (Fsp3) is 0. The molecule has 0 unspecified atom stereocenters. The van der Waals surface area contributed by atoms with E-state index >= 15 is 0 Å². The van der Waals surface area contributed by atoms with Crippen molar-refractivity contribution in [3.63, 3.8) is 0 Å². The largest absolute Gasteiger partial charge is 0.477 e. The molecular formula is C10H5BrFNO2. The van der Waals surface area contributed by atoms with Gasteiger partial charge in [0.2, 0.25) is 0 Å². The van der Waals surface area contributed by atoms with Gasteiger partial charge in [0, 0.05) is 9.86 Å². The number of benzene rings is 1. The monoisotopic (exact) mass is 269 g/mol. The zero-order valence-electron chi connectivity index (χ0n) is 7.37. The first-order valence-electron chi connectivity index (χ1n) is 4.07. The van der Waals surface area contributed by atoms with Crippen molar-refractivity contribution in [1.82, 2.24) is 4.98 Å². The molecule has 0 atom stereocenters. The molecule has 0 aliphatic rings. The van der Waals surface area contributed by atoms with Crippen LogP contribution in [0, 0.1) is 5.82 Å². The van der Waals surface area contributed by atoms with Crippen LogP contribution < -0.4 is 0 Å². The fourth-order valence-electron chi connectivity index (χ4n) is 1.28. The Labute approximate surface area is 92.7 Å². The van der Waals surface area contributed by atoms with E-state index in [4.69, 9.17) is 5.11 Å². The van der Waals surface area contributed by atoms with Gasteiger partial charge < -0.3 is 5.11 Å². The summed E-state index contributed by atoms with van der Waals surface area (Å²) in [6.45, 7) is 0. The number of aromatic nitrogens is 1. The van der Waals surface area contributed by atoms with Gasteiger partial charge in [-0.15, -0.1) is 0 Å². The molecule has 2 aromatic rings. The maximum absolute atomic E-state index is 13.4. The molecule has 0 radical (unpaired) electrons. The standard InChI is InChI=1S/C10H5BrFNO2/c11-6-3-5-1-2-8(10(14)15)13-9(5)7(12)4-6/h1-4H,(H,14,15). The van der Waals surface area contributed by atoms with Crippen LogP contribution in [-0.4, -0.2) is 16.1 Å². The van der Waals surface area contributed by atoms with Gasteiger partial charge in [-0.1, -0.05) is 22.0 Å². The molecule has 76 valence electrons. The molecule has 0 spiro atoms. The number of carboxylic acid groups (broad SMARTS) is 1. The van der Waals surface area contributed by atoms with E-state index in [2.05, 4.69) is 20.9 Å². The lowest BCUT2D eigenvalue weighted by Gasteiger charge is -2.01. The van der Waals surface area contributed by atoms with Crippen LogP contribution in [0.1, 0.15) is 10.5 Å². The van der Waals surface area contributed by atoms with Crippen LogP contribution in [0.3, 0.4) is 0 Å². The van der Waals surface area contributed by atoms with Crippen LogP contribution >= 0.6 is 15.9 Å². The quantitative estimate of drug-likeness (QED) is 0.866. The second-order valence-corrected chi connectivity index (χ2v) is 3.88. The van der Waals surface area contributed by atoms with Gasteiger partial charge in [-0.3, -0.25) is 0 Å². The molecule has 1 aromatic heterocycles. The van der Waals surface area contributed by atoms with Crippen LogP contribution in [0.4, 0.5) is 4.39 Å². The Balaban J connectivity index is 2.76. The van der Waals surface area contributed by atoms with Crippen LogP contribution in [0.5, 0.6) is 0 Å². The normalized spacial score (nSPS) is 10.5. The summed E-state index contributed by atoms with van der Waals surface area (Å²) >= 11 is 3.15. The summed E-state index contributed by atoms with van der Waals surface area (Å²) in [5, 5.41) is 9.26. The van der Waals surface area contributed by atoms with Crippen LogP contribution in [0.2, 0.25) is 0 Å². The molecule has 3 nitrogen and oxygen atoms in total. The molecule has 0 saturated heterocycles. The van der Waals surface area contributed by atoms with E-state index in [1.54, 1.807) is 6.07 Å². The van der Waals surface area contributed by atoms with Gasteiger partial charge >= 0.3 is 5.97 Å². The lowest BCUT2D eigenvalue weighted by atomic mass is 10.2. The average Bonchev–Trinajstić information content (AvgIpc) is 2.16. The summed E-state index contributed by atoms with van der Waals surface area (Å²) in [7, 11) is 0. The van der Waals surface area contributed by atoms with E-state index in [0.29, 0.717) is 9.86 Å². The predicted octanol–water partition coefficient (Wildman–Crippen LogP) is 2.83. The first kappa shape index (κ1) is 10.0. The van der Waals surface area contributed by atoms with Crippen LogP contribution in [-0.2, 0) is 0 Å². The number of carbonyl (C=O) groups is 1. The van der Waals surface area contributed by atoms with Gasteiger partial charge in [-0.05, 0) is 18.2 Å². The van der Waals surface area contributed by atoms with Crippen molar-refractivity contribution < 1.29 is 14.3 Å². The Hall–Kier alpha value is -1.49. The van der Waals surface area contributed by atoms with Gasteiger partial charge in [0.05, 0.1) is 0 Å². The van der Waals surface area contributed by atoms with E-state index in [9.17, 15) is 9.18 Å². The third kappa shape index (κ3) is 1.83. The molecule has 15 heavy (non-hydrogen) atoms. The second kappa shape index (κ2) is 3.58. The van der Waals surface area contributed by atoms with Gasteiger partial charge in [-0.2, -0.15) is 0 Å². The molecule has 2 rings (SSSR count). The highest BCUT2D eigenvalue weighted by Gasteiger charge is 2.09. The molecule has 0 aliphatic heterocycles. The number of pyridine rings is 1. The lowest BCUT2D eigenvalue weighted by molar-refractivity contribution is 0.0691. The smallest absolute Gasteiger partial charge is 0.354 e. The highest BCUT2D eigenvalue weighted by molar-refractivity contribution is 9.10. The summed E-state index contributed by atoms with van der Waals surface area (Å²) in [4.78, 5) is 14.3. The number of rotatable bonds is 1. The predicted molar refractivity (Wildman–Crippen MR) is 56.4 cm³/mol. The summed E-state index contributed by atoms with van der Waals surface area (Å²) in [5.41, 5.74) is -0.0955. The average molecular weight is 270 g/mol. The van der Waals surface area contributed by atoms with E-state index < -0.39 is 11.8 Å². The minimum atomic E-state index is -1.17. The summed E-state index contributed by atoms with van der Waals surface area (Å²) in [6, 6.07) is 5.80. The van der Waals surface area contributed by atoms with E-state index in [-0.39, 0.29) is 11.2 Å². The van der Waals surface area contributed by atoms with Crippen molar-refractivity contribution in [2.75, 3.05) is 0 Å². The molecule has 1 heterocycles.